The fourth-order valence-electron chi connectivity index (χ4n) is 0.324. The van der Waals surface area contributed by atoms with Crippen LogP contribution in [0.5, 0.6) is 0 Å². The highest BCUT2D eigenvalue weighted by atomic mass is 19.3. The fraction of sp³-hybridized carbons (Fsp3) is 0.286. The van der Waals surface area contributed by atoms with Gasteiger partial charge >= 0.3 is 6.16 Å². The lowest BCUT2D eigenvalue weighted by atomic mass is 10.6. The second kappa shape index (κ2) is 5.25. The average Bonchev–Trinajstić information content (AvgIpc) is 2.03. The van der Waals surface area contributed by atoms with Crippen LogP contribution in [0.2, 0.25) is 0 Å². The molecule has 0 rings (SSSR count). The molecule has 0 aliphatic carbocycles. The summed E-state index contributed by atoms with van der Waals surface area (Å²) in [4.78, 5) is 10.4. The van der Waals surface area contributed by atoms with Crippen molar-refractivity contribution in [3.63, 3.8) is 0 Å². The molecule has 0 heterocycles. The van der Waals surface area contributed by atoms with Crippen LogP contribution in [0.25, 0.3) is 0 Å². The van der Waals surface area contributed by atoms with E-state index in [1.54, 1.807) is 0 Å². The van der Waals surface area contributed by atoms with E-state index < -0.39 is 30.5 Å². The van der Waals surface area contributed by atoms with E-state index in [0.29, 0.717) is 0 Å². The molecule has 0 radical (unpaired) electrons. The first kappa shape index (κ1) is 12.5. The SMILES string of the molecule is C=C(OC(=O)OC(=C)C(F)F)C(F)F. The Morgan fingerprint density at radius 2 is 1.21 bits per heavy atom. The van der Waals surface area contributed by atoms with Crippen molar-refractivity contribution in [1.82, 2.24) is 0 Å². The van der Waals surface area contributed by atoms with Crippen molar-refractivity contribution >= 4 is 6.16 Å². The van der Waals surface area contributed by atoms with Gasteiger partial charge in [0.1, 0.15) is 0 Å². The van der Waals surface area contributed by atoms with Gasteiger partial charge < -0.3 is 9.47 Å². The van der Waals surface area contributed by atoms with E-state index in [9.17, 15) is 22.4 Å². The van der Waals surface area contributed by atoms with Crippen molar-refractivity contribution in [1.29, 1.82) is 0 Å². The summed E-state index contributed by atoms with van der Waals surface area (Å²) >= 11 is 0. The van der Waals surface area contributed by atoms with Crippen LogP contribution in [0.4, 0.5) is 22.4 Å². The van der Waals surface area contributed by atoms with Crippen LogP contribution in [-0.2, 0) is 9.47 Å². The van der Waals surface area contributed by atoms with E-state index in [-0.39, 0.29) is 0 Å². The minimum atomic E-state index is -3.10. The van der Waals surface area contributed by atoms with E-state index >= 15 is 0 Å². The van der Waals surface area contributed by atoms with Gasteiger partial charge in [0.25, 0.3) is 12.9 Å². The minimum absolute atomic E-state index is 1.18. The van der Waals surface area contributed by atoms with Crippen molar-refractivity contribution < 1.29 is 31.8 Å². The Bertz CT molecular complexity index is 225. The van der Waals surface area contributed by atoms with Gasteiger partial charge in [-0.3, -0.25) is 0 Å². The summed E-state index contributed by atoms with van der Waals surface area (Å²) in [5.41, 5.74) is 0. The molecule has 0 amide bonds. The minimum Gasteiger partial charge on any atom is -0.394 e. The summed E-state index contributed by atoms with van der Waals surface area (Å²) in [6, 6.07) is 0. The van der Waals surface area contributed by atoms with Gasteiger partial charge in [0.05, 0.1) is 0 Å². The van der Waals surface area contributed by atoms with Crippen LogP contribution in [0.1, 0.15) is 0 Å². The van der Waals surface area contributed by atoms with E-state index in [4.69, 9.17) is 0 Å². The lowest BCUT2D eigenvalue weighted by molar-refractivity contribution is 0.0422. The Balaban J connectivity index is 4.00. The summed E-state index contributed by atoms with van der Waals surface area (Å²) < 4.78 is 54.2. The molecule has 0 aliphatic rings. The van der Waals surface area contributed by atoms with Gasteiger partial charge in [0.15, 0.2) is 11.5 Å². The number of rotatable bonds is 4. The Morgan fingerprint density at radius 1 is 0.929 bits per heavy atom. The zero-order chi connectivity index (χ0) is 11.3. The number of carbonyl (C=O) groups excluding carboxylic acids is 1. The molecule has 3 nitrogen and oxygen atoms in total. The predicted octanol–water partition coefficient (Wildman–Crippen LogP) is 2.70. The lowest BCUT2D eigenvalue weighted by Gasteiger charge is -2.07. The number of halogens is 4. The smallest absolute Gasteiger partial charge is 0.394 e. The largest absolute Gasteiger partial charge is 0.519 e. The summed E-state index contributed by atoms with van der Waals surface area (Å²) in [7, 11) is 0. The molecule has 7 heteroatoms. The molecule has 0 saturated heterocycles. The second-order valence-electron chi connectivity index (χ2n) is 1.99. The third kappa shape index (κ3) is 4.48. The summed E-state index contributed by atoms with van der Waals surface area (Å²) in [6.45, 7) is 5.31. The molecule has 0 unspecified atom stereocenters. The van der Waals surface area contributed by atoms with Crippen LogP contribution in [0.3, 0.4) is 0 Å². The molecule has 80 valence electrons. The number of allylic oxidation sites excluding steroid dienone is 2. The molecular formula is C7H6F4O3. The van der Waals surface area contributed by atoms with E-state index in [1.807, 2.05) is 0 Å². The van der Waals surface area contributed by atoms with Crippen molar-refractivity contribution in [2.45, 2.75) is 12.9 Å². The zero-order valence-corrected chi connectivity index (χ0v) is 6.81. The van der Waals surface area contributed by atoms with Crippen molar-refractivity contribution in [2.75, 3.05) is 0 Å². The average molecular weight is 214 g/mol. The molecule has 0 aromatic rings. The number of alkyl halides is 4. The third-order valence-electron chi connectivity index (χ3n) is 0.916. The highest BCUT2D eigenvalue weighted by Gasteiger charge is 2.19. The van der Waals surface area contributed by atoms with Crippen molar-refractivity contribution in [3.8, 4) is 0 Å². The normalized spacial score (nSPS) is 10.1. The lowest BCUT2D eigenvalue weighted by Crippen LogP contribution is -2.12. The summed E-state index contributed by atoms with van der Waals surface area (Å²) in [5.74, 6) is -2.37. The first-order valence-electron chi connectivity index (χ1n) is 3.18. The van der Waals surface area contributed by atoms with Gasteiger partial charge in [-0.05, 0) is 0 Å². The molecule has 0 aromatic carbocycles. The van der Waals surface area contributed by atoms with E-state index in [2.05, 4.69) is 22.6 Å². The van der Waals surface area contributed by atoms with Crippen LogP contribution in [0, 0.1) is 0 Å². The van der Waals surface area contributed by atoms with Gasteiger partial charge in [0.2, 0.25) is 0 Å². The van der Waals surface area contributed by atoms with Crippen molar-refractivity contribution in [2.24, 2.45) is 0 Å². The van der Waals surface area contributed by atoms with E-state index in [0.717, 1.165) is 0 Å². The molecule has 0 aromatic heterocycles. The Morgan fingerprint density at radius 3 is 1.43 bits per heavy atom. The zero-order valence-electron chi connectivity index (χ0n) is 6.81. The predicted molar refractivity (Wildman–Crippen MR) is 37.9 cm³/mol. The van der Waals surface area contributed by atoms with Crippen LogP contribution in [-0.4, -0.2) is 19.0 Å². The van der Waals surface area contributed by atoms with Gasteiger partial charge in [-0.15, -0.1) is 0 Å². The highest BCUT2D eigenvalue weighted by molar-refractivity contribution is 5.62. The molecule has 0 atom stereocenters. The maximum atomic E-state index is 11.7. The Labute approximate surface area is 76.6 Å². The summed E-state index contributed by atoms with van der Waals surface area (Å²) in [5, 5.41) is 0. The Hall–Kier alpha value is -1.53. The van der Waals surface area contributed by atoms with Crippen LogP contribution in [0.15, 0.2) is 24.7 Å². The quantitative estimate of drug-likeness (QED) is 0.410. The molecule has 0 bridgehead atoms. The Kier molecular flexibility index (Phi) is 4.68. The number of hydrogen-bond acceptors (Lipinski definition) is 3. The molecule has 0 aliphatic heterocycles. The van der Waals surface area contributed by atoms with Gasteiger partial charge in [-0.1, -0.05) is 13.2 Å². The first-order chi connectivity index (χ1) is 6.34. The molecule has 0 fully saturated rings. The van der Waals surface area contributed by atoms with Crippen LogP contribution < -0.4 is 0 Å². The number of carbonyl (C=O) groups is 1. The third-order valence-corrected chi connectivity index (χ3v) is 0.916. The molecule has 0 saturated carbocycles. The molecule has 0 N–H and O–H groups in total. The summed E-state index contributed by atoms with van der Waals surface area (Å²) in [6.07, 6.45) is -7.91. The van der Waals surface area contributed by atoms with Gasteiger partial charge in [-0.2, -0.15) is 0 Å². The molecule has 0 spiro atoms. The topological polar surface area (TPSA) is 35.5 Å². The molecular weight excluding hydrogens is 208 g/mol. The number of hydrogen-bond donors (Lipinski definition) is 0. The number of ether oxygens (including phenoxy) is 2. The van der Waals surface area contributed by atoms with Gasteiger partial charge in [0, 0.05) is 0 Å². The highest BCUT2D eigenvalue weighted by Crippen LogP contribution is 2.12. The van der Waals surface area contributed by atoms with Gasteiger partial charge in [-0.25, -0.2) is 22.4 Å². The maximum absolute atomic E-state index is 11.7. The van der Waals surface area contributed by atoms with E-state index in [1.165, 1.54) is 0 Å². The first-order valence-corrected chi connectivity index (χ1v) is 3.18. The molecule has 14 heavy (non-hydrogen) atoms. The fourth-order valence-corrected chi connectivity index (χ4v) is 0.324. The maximum Gasteiger partial charge on any atom is 0.519 e. The standard InChI is InChI=1S/C7H6F4O3/c1-3(5(8)9)13-7(12)14-4(2)6(10)11/h5-6H,1-2H2. The van der Waals surface area contributed by atoms with Crippen LogP contribution >= 0.6 is 0 Å². The van der Waals surface area contributed by atoms with Crippen molar-refractivity contribution in [3.05, 3.63) is 24.7 Å². The monoisotopic (exact) mass is 214 g/mol. The second-order valence-corrected chi connectivity index (χ2v) is 1.99.